The minimum absolute atomic E-state index is 0.100. The van der Waals surface area contributed by atoms with E-state index in [0.29, 0.717) is 11.3 Å². The smallest absolute Gasteiger partial charge is 0.260 e. The van der Waals surface area contributed by atoms with Crippen LogP contribution in [0.15, 0.2) is 53.3 Å². The largest absolute Gasteiger partial charge is 0.508 e. The van der Waals surface area contributed by atoms with Gasteiger partial charge in [0.25, 0.3) is 5.56 Å². The predicted octanol–water partition coefficient (Wildman–Crippen LogP) is 1.96. The van der Waals surface area contributed by atoms with Gasteiger partial charge < -0.3 is 14.9 Å². The summed E-state index contributed by atoms with van der Waals surface area (Å²) in [6.07, 6.45) is 0. The Morgan fingerprint density at radius 3 is 2.33 bits per heavy atom. The molecule has 0 atom stereocenters. The fraction of sp³-hybridized carbons (Fsp3) is 0.222. The molecule has 0 spiro atoms. The van der Waals surface area contributed by atoms with Crippen LogP contribution in [0.25, 0.3) is 10.9 Å². The molecular formula is C18H18N4O2. The van der Waals surface area contributed by atoms with Crippen LogP contribution in [0, 0.1) is 0 Å². The number of benzene rings is 2. The third kappa shape index (κ3) is 2.67. The second-order valence-electron chi connectivity index (χ2n) is 5.90. The molecule has 1 fully saturated rings. The van der Waals surface area contributed by atoms with Gasteiger partial charge in [-0.25, -0.2) is 4.98 Å². The van der Waals surface area contributed by atoms with Crippen LogP contribution in [0.5, 0.6) is 5.75 Å². The molecule has 0 unspecified atom stereocenters. The van der Waals surface area contributed by atoms with Crippen molar-refractivity contribution in [3.63, 3.8) is 0 Å². The highest BCUT2D eigenvalue weighted by atomic mass is 16.3. The summed E-state index contributed by atoms with van der Waals surface area (Å²) in [5.41, 5.74) is 1.71. The van der Waals surface area contributed by atoms with Crippen LogP contribution in [0.3, 0.4) is 0 Å². The molecule has 0 aliphatic carbocycles. The van der Waals surface area contributed by atoms with Gasteiger partial charge >= 0.3 is 0 Å². The number of hydrogen-bond donors (Lipinski definition) is 2. The van der Waals surface area contributed by atoms with E-state index in [9.17, 15) is 9.90 Å². The molecule has 1 aliphatic rings. The van der Waals surface area contributed by atoms with E-state index in [1.54, 1.807) is 18.2 Å². The first kappa shape index (κ1) is 14.6. The normalized spacial score (nSPS) is 15.0. The van der Waals surface area contributed by atoms with Crippen molar-refractivity contribution in [3.8, 4) is 5.75 Å². The highest BCUT2D eigenvalue weighted by Gasteiger charge is 2.19. The topological polar surface area (TPSA) is 72.5 Å². The number of nitrogens with one attached hydrogen (secondary N) is 1. The average molecular weight is 322 g/mol. The number of nitrogens with zero attached hydrogens (tertiary/aromatic N) is 3. The van der Waals surface area contributed by atoms with Crippen molar-refractivity contribution >= 4 is 22.5 Å². The molecule has 1 saturated heterocycles. The summed E-state index contributed by atoms with van der Waals surface area (Å²) >= 11 is 0. The molecule has 4 rings (SSSR count). The first-order valence-corrected chi connectivity index (χ1v) is 7.99. The number of phenols is 1. The quantitative estimate of drug-likeness (QED) is 0.754. The minimum Gasteiger partial charge on any atom is -0.508 e. The Kier molecular flexibility index (Phi) is 3.57. The summed E-state index contributed by atoms with van der Waals surface area (Å²) in [5.74, 6) is 0.902. The zero-order valence-electron chi connectivity index (χ0n) is 13.1. The van der Waals surface area contributed by atoms with Crippen molar-refractivity contribution in [2.24, 2.45) is 0 Å². The van der Waals surface area contributed by atoms with Crippen LogP contribution < -0.4 is 15.4 Å². The van der Waals surface area contributed by atoms with Crippen molar-refractivity contribution in [1.29, 1.82) is 0 Å². The number of hydrogen-bond acceptors (Lipinski definition) is 5. The summed E-state index contributed by atoms with van der Waals surface area (Å²) in [7, 11) is 0. The SMILES string of the molecule is O=c1[nH]c(N2CCN(c3ccc(O)cc3)CC2)nc2ccccc12. The summed E-state index contributed by atoms with van der Waals surface area (Å²) in [6, 6.07) is 14.6. The standard InChI is InChI=1S/C18H18N4O2/c23-14-7-5-13(6-8-14)21-9-11-22(12-10-21)18-19-16-4-2-1-3-15(16)17(24)20-18/h1-8,23H,9-12H2,(H,19,20,24). The van der Waals surface area contributed by atoms with E-state index in [4.69, 9.17) is 0 Å². The average Bonchev–Trinajstić information content (AvgIpc) is 2.62. The minimum atomic E-state index is -0.100. The van der Waals surface area contributed by atoms with E-state index >= 15 is 0 Å². The van der Waals surface area contributed by atoms with Gasteiger partial charge in [0.2, 0.25) is 5.95 Å². The number of fused-ring (bicyclic) bond motifs is 1. The lowest BCUT2D eigenvalue weighted by Gasteiger charge is -2.36. The van der Waals surface area contributed by atoms with E-state index in [1.165, 1.54) is 0 Å². The van der Waals surface area contributed by atoms with Gasteiger partial charge in [-0.15, -0.1) is 0 Å². The monoisotopic (exact) mass is 322 g/mol. The Morgan fingerprint density at radius 1 is 0.917 bits per heavy atom. The molecule has 0 radical (unpaired) electrons. The zero-order valence-corrected chi connectivity index (χ0v) is 13.1. The van der Waals surface area contributed by atoms with Crippen LogP contribution in [-0.4, -0.2) is 41.3 Å². The molecule has 0 amide bonds. The molecule has 6 nitrogen and oxygen atoms in total. The molecule has 3 aromatic rings. The Morgan fingerprint density at radius 2 is 1.58 bits per heavy atom. The Hall–Kier alpha value is -3.02. The first-order chi connectivity index (χ1) is 11.7. The lowest BCUT2D eigenvalue weighted by molar-refractivity contribution is 0.475. The zero-order chi connectivity index (χ0) is 16.5. The molecule has 0 bridgehead atoms. The van der Waals surface area contributed by atoms with E-state index in [2.05, 4.69) is 19.8 Å². The van der Waals surface area contributed by atoms with Gasteiger partial charge in [-0.05, 0) is 36.4 Å². The van der Waals surface area contributed by atoms with Gasteiger partial charge in [-0.2, -0.15) is 0 Å². The lowest BCUT2D eigenvalue weighted by atomic mass is 10.2. The maximum absolute atomic E-state index is 12.2. The summed E-state index contributed by atoms with van der Waals surface area (Å²) in [5, 5.41) is 10.0. The Bertz CT molecular complexity index is 912. The molecule has 2 heterocycles. The molecule has 2 N–H and O–H groups in total. The van der Waals surface area contributed by atoms with Gasteiger partial charge in [0, 0.05) is 31.9 Å². The maximum atomic E-state index is 12.2. The van der Waals surface area contributed by atoms with Gasteiger partial charge in [-0.1, -0.05) is 12.1 Å². The highest BCUT2D eigenvalue weighted by Crippen LogP contribution is 2.21. The van der Waals surface area contributed by atoms with Crippen molar-refractivity contribution in [2.45, 2.75) is 0 Å². The number of phenolic OH excluding ortho intramolecular Hbond substituents is 1. The number of aromatic nitrogens is 2. The van der Waals surface area contributed by atoms with Gasteiger partial charge in [-0.3, -0.25) is 9.78 Å². The van der Waals surface area contributed by atoms with E-state index in [0.717, 1.165) is 37.4 Å². The van der Waals surface area contributed by atoms with Crippen molar-refractivity contribution in [3.05, 3.63) is 58.9 Å². The molecule has 6 heteroatoms. The number of piperazine rings is 1. The highest BCUT2D eigenvalue weighted by molar-refractivity contribution is 5.78. The number of para-hydroxylation sites is 1. The van der Waals surface area contributed by atoms with Crippen molar-refractivity contribution < 1.29 is 5.11 Å². The Balaban J connectivity index is 1.53. The fourth-order valence-electron chi connectivity index (χ4n) is 3.06. The number of H-pyrrole nitrogens is 1. The summed E-state index contributed by atoms with van der Waals surface area (Å²) in [4.78, 5) is 24.0. The third-order valence-corrected chi connectivity index (χ3v) is 4.39. The summed E-state index contributed by atoms with van der Waals surface area (Å²) in [6.45, 7) is 3.23. The molecule has 0 saturated carbocycles. The van der Waals surface area contributed by atoms with E-state index in [-0.39, 0.29) is 11.3 Å². The van der Waals surface area contributed by atoms with Crippen LogP contribution in [0.2, 0.25) is 0 Å². The third-order valence-electron chi connectivity index (χ3n) is 4.39. The first-order valence-electron chi connectivity index (χ1n) is 7.99. The molecule has 1 aliphatic heterocycles. The summed E-state index contributed by atoms with van der Waals surface area (Å²) < 4.78 is 0. The number of aromatic amines is 1. The molecule has 122 valence electrons. The number of aromatic hydroxyl groups is 1. The van der Waals surface area contributed by atoms with Crippen molar-refractivity contribution in [2.75, 3.05) is 36.0 Å². The second kappa shape index (κ2) is 5.88. The van der Waals surface area contributed by atoms with Crippen LogP contribution in [0.4, 0.5) is 11.6 Å². The predicted molar refractivity (Wildman–Crippen MR) is 94.9 cm³/mol. The number of rotatable bonds is 2. The van der Waals surface area contributed by atoms with Gasteiger partial charge in [0.05, 0.1) is 10.9 Å². The Labute approximate surface area is 139 Å². The molecule has 24 heavy (non-hydrogen) atoms. The van der Waals surface area contributed by atoms with Crippen LogP contribution in [-0.2, 0) is 0 Å². The molecular weight excluding hydrogens is 304 g/mol. The lowest BCUT2D eigenvalue weighted by Crippen LogP contribution is -2.47. The van der Waals surface area contributed by atoms with E-state index in [1.807, 2.05) is 30.3 Å². The maximum Gasteiger partial charge on any atom is 0.260 e. The van der Waals surface area contributed by atoms with Crippen LogP contribution >= 0.6 is 0 Å². The fourth-order valence-corrected chi connectivity index (χ4v) is 3.06. The van der Waals surface area contributed by atoms with E-state index < -0.39 is 0 Å². The number of anilines is 2. The second-order valence-corrected chi connectivity index (χ2v) is 5.90. The van der Waals surface area contributed by atoms with Gasteiger partial charge in [0.15, 0.2) is 0 Å². The van der Waals surface area contributed by atoms with Gasteiger partial charge in [0.1, 0.15) is 5.75 Å². The molecule has 1 aromatic heterocycles. The molecule has 2 aromatic carbocycles. The van der Waals surface area contributed by atoms with Crippen molar-refractivity contribution in [1.82, 2.24) is 9.97 Å². The van der Waals surface area contributed by atoms with Crippen LogP contribution in [0.1, 0.15) is 0 Å².